The van der Waals surface area contributed by atoms with Gasteiger partial charge < -0.3 is 4.98 Å². The van der Waals surface area contributed by atoms with E-state index in [0.29, 0.717) is 13.1 Å². The number of pyridine rings is 1. The number of tetrazole rings is 1. The van der Waals surface area contributed by atoms with Crippen LogP contribution in [0.1, 0.15) is 68.7 Å². The largest absolute Gasteiger partial charge is 0.322 e. The number of benzene rings is 2. The van der Waals surface area contributed by atoms with Gasteiger partial charge in [0.05, 0.1) is 11.6 Å². The van der Waals surface area contributed by atoms with Gasteiger partial charge in [0, 0.05) is 24.2 Å². The van der Waals surface area contributed by atoms with Crippen LogP contribution in [-0.4, -0.2) is 30.1 Å². The van der Waals surface area contributed by atoms with E-state index in [2.05, 4.69) is 104 Å². The van der Waals surface area contributed by atoms with E-state index in [1.807, 2.05) is 22.9 Å². The first-order valence-corrected chi connectivity index (χ1v) is 12.2. The lowest BCUT2D eigenvalue weighted by Crippen LogP contribution is -2.37. The molecule has 0 spiro atoms. The number of aromatic amines is 1. The van der Waals surface area contributed by atoms with Crippen LogP contribution < -0.4 is 5.56 Å². The van der Waals surface area contributed by atoms with Crippen molar-refractivity contribution < 1.29 is 0 Å². The van der Waals surface area contributed by atoms with Gasteiger partial charge in [0.1, 0.15) is 0 Å². The number of aryl methyl sites for hydroxylation is 2. The molecule has 0 saturated heterocycles. The van der Waals surface area contributed by atoms with E-state index in [4.69, 9.17) is 0 Å². The Hall–Kier alpha value is -3.32. The third-order valence-electron chi connectivity index (χ3n) is 6.37. The van der Waals surface area contributed by atoms with Gasteiger partial charge >= 0.3 is 0 Å². The molecular formula is C28H36N6O. The van der Waals surface area contributed by atoms with Gasteiger partial charge in [-0.15, -0.1) is 5.10 Å². The Balaban J connectivity index is 1.81. The molecule has 184 valence electrons. The van der Waals surface area contributed by atoms with Crippen LogP contribution in [0.25, 0.3) is 10.9 Å². The fourth-order valence-corrected chi connectivity index (χ4v) is 4.63. The van der Waals surface area contributed by atoms with Crippen LogP contribution in [0.5, 0.6) is 0 Å². The van der Waals surface area contributed by atoms with Gasteiger partial charge in [0.15, 0.2) is 5.82 Å². The molecule has 0 aliphatic carbocycles. The average molecular weight is 473 g/mol. The molecule has 2 aromatic heterocycles. The summed E-state index contributed by atoms with van der Waals surface area (Å²) < 4.78 is 1.91. The molecule has 0 bridgehead atoms. The zero-order valence-electron chi connectivity index (χ0n) is 21.8. The first-order valence-electron chi connectivity index (χ1n) is 12.2. The summed E-state index contributed by atoms with van der Waals surface area (Å²) in [4.78, 5) is 18.5. The number of rotatable bonds is 7. The van der Waals surface area contributed by atoms with Gasteiger partial charge in [-0.2, -0.15) is 0 Å². The first-order chi connectivity index (χ1) is 16.5. The van der Waals surface area contributed by atoms with Crippen LogP contribution in [0.2, 0.25) is 0 Å². The summed E-state index contributed by atoms with van der Waals surface area (Å²) in [6, 6.07) is 16.6. The minimum Gasteiger partial charge on any atom is -0.322 e. The van der Waals surface area contributed by atoms with Gasteiger partial charge in [0.25, 0.3) is 5.56 Å². The molecule has 1 atom stereocenters. The average Bonchev–Trinajstić information content (AvgIpc) is 3.26. The van der Waals surface area contributed by atoms with Gasteiger partial charge in [-0.05, 0) is 80.1 Å². The lowest BCUT2D eigenvalue weighted by atomic mass is 9.98. The molecule has 2 aromatic carbocycles. The molecule has 1 N–H and O–H groups in total. The highest BCUT2D eigenvalue weighted by Gasteiger charge is 2.32. The van der Waals surface area contributed by atoms with Crippen molar-refractivity contribution in [1.82, 2.24) is 30.1 Å². The van der Waals surface area contributed by atoms with Crippen molar-refractivity contribution in [2.75, 3.05) is 0 Å². The Morgan fingerprint density at radius 3 is 2.31 bits per heavy atom. The summed E-state index contributed by atoms with van der Waals surface area (Å²) in [5.74, 6) is 1.03. The van der Waals surface area contributed by atoms with E-state index in [0.717, 1.165) is 27.9 Å². The highest BCUT2D eigenvalue weighted by molar-refractivity contribution is 5.79. The zero-order chi connectivity index (χ0) is 25.3. The Bertz CT molecular complexity index is 1360. The third kappa shape index (κ3) is 5.51. The van der Waals surface area contributed by atoms with Crippen LogP contribution in [0.15, 0.2) is 53.3 Å². The number of fused-ring (bicyclic) bond motifs is 1. The molecule has 0 amide bonds. The van der Waals surface area contributed by atoms with Crippen LogP contribution >= 0.6 is 0 Å². The van der Waals surface area contributed by atoms with E-state index in [9.17, 15) is 4.79 Å². The second-order valence-electron chi connectivity index (χ2n) is 10.9. The van der Waals surface area contributed by atoms with Crippen molar-refractivity contribution in [3.8, 4) is 0 Å². The fourth-order valence-electron chi connectivity index (χ4n) is 4.63. The van der Waals surface area contributed by atoms with Crippen molar-refractivity contribution in [1.29, 1.82) is 0 Å². The summed E-state index contributed by atoms with van der Waals surface area (Å²) in [5.41, 5.74) is 4.83. The van der Waals surface area contributed by atoms with E-state index < -0.39 is 0 Å². The smallest absolute Gasteiger partial charge is 0.252 e. The van der Waals surface area contributed by atoms with Gasteiger partial charge in [-0.1, -0.05) is 55.3 Å². The molecule has 4 rings (SSSR count). The molecule has 0 aliphatic rings. The summed E-state index contributed by atoms with van der Waals surface area (Å²) in [5, 5.41) is 13.9. The molecular weight excluding hydrogens is 436 g/mol. The van der Waals surface area contributed by atoms with E-state index in [1.54, 1.807) is 0 Å². The number of H-pyrrole nitrogens is 1. The number of hydrogen-bond donors (Lipinski definition) is 1. The predicted molar refractivity (Wildman–Crippen MR) is 140 cm³/mol. The molecule has 0 radical (unpaired) electrons. The van der Waals surface area contributed by atoms with Crippen molar-refractivity contribution in [2.24, 2.45) is 5.92 Å². The third-order valence-corrected chi connectivity index (χ3v) is 6.37. The van der Waals surface area contributed by atoms with Crippen LogP contribution in [0.4, 0.5) is 0 Å². The molecule has 0 unspecified atom stereocenters. The molecule has 35 heavy (non-hydrogen) atoms. The molecule has 0 fully saturated rings. The summed E-state index contributed by atoms with van der Waals surface area (Å²) in [6.07, 6.45) is 0. The lowest BCUT2D eigenvalue weighted by molar-refractivity contribution is 0.119. The van der Waals surface area contributed by atoms with Gasteiger partial charge in [0.2, 0.25) is 0 Å². The maximum absolute atomic E-state index is 13.1. The number of nitrogens with one attached hydrogen (secondary N) is 1. The number of nitrogens with zero attached hydrogens (tertiary/aromatic N) is 5. The van der Waals surface area contributed by atoms with Crippen LogP contribution in [0, 0.1) is 19.8 Å². The van der Waals surface area contributed by atoms with Gasteiger partial charge in [-0.25, -0.2) is 4.68 Å². The first kappa shape index (κ1) is 24.8. The second-order valence-corrected chi connectivity index (χ2v) is 10.9. The normalized spacial score (nSPS) is 13.2. The van der Waals surface area contributed by atoms with Crippen molar-refractivity contribution >= 4 is 10.9 Å². The van der Waals surface area contributed by atoms with Crippen molar-refractivity contribution in [3.63, 3.8) is 0 Å². The quantitative estimate of drug-likeness (QED) is 0.396. The number of hydrogen-bond acceptors (Lipinski definition) is 5. The lowest BCUT2D eigenvalue weighted by Gasteiger charge is -2.35. The van der Waals surface area contributed by atoms with Crippen LogP contribution in [-0.2, 0) is 18.6 Å². The summed E-state index contributed by atoms with van der Waals surface area (Å²) in [6.45, 7) is 16.0. The maximum Gasteiger partial charge on any atom is 0.252 e. The highest BCUT2D eigenvalue weighted by atomic mass is 16.1. The molecule has 7 nitrogen and oxygen atoms in total. The monoisotopic (exact) mass is 472 g/mol. The van der Waals surface area contributed by atoms with Crippen molar-refractivity contribution in [3.05, 3.63) is 87.0 Å². The van der Waals surface area contributed by atoms with E-state index in [-0.39, 0.29) is 23.1 Å². The SMILES string of the molecule is Cc1ccc(CN(Cc2cc3cc(C)ccc3[nH]c2=O)[C@@H](c2nnnn2C(C)(C)C)C(C)C)cc1. The molecule has 4 aromatic rings. The standard InChI is InChI=1S/C28H36N6O/c1-18(2)25(26-30-31-32-34(26)28(5,6)7)33(16-21-11-8-19(3)9-12-21)17-23-15-22-14-20(4)10-13-24(22)29-27(23)35/h8-15,18,25H,16-17H2,1-7H3,(H,29,35)/t25-/m1/s1. The Labute approximate surface area is 207 Å². The fraction of sp³-hybridized carbons (Fsp3) is 0.429. The van der Waals surface area contributed by atoms with Crippen LogP contribution in [0.3, 0.4) is 0 Å². The Morgan fingerprint density at radius 1 is 0.971 bits per heavy atom. The Kier molecular flexibility index (Phi) is 6.90. The molecule has 0 aliphatic heterocycles. The topological polar surface area (TPSA) is 79.7 Å². The maximum atomic E-state index is 13.1. The van der Waals surface area contributed by atoms with Gasteiger partial charge in [-0.3, -0.25) is 9.69 Å². The van der Waals surface area contributed by atoms with Crippen molar-refractivity contribution in [2.45, 2.75) is 73.1 Å². The number of aromatic nitrogens is 5. The minimum atomic E-state index is -0.264. The predicted octanol–water partition coefficient (Wildman–Crippen LogP) is 5.29. The van der Waals surface area contributed by atoms with E-state index >= 15 is 0 Å². The molecule has 2 heterocycles. The molecule has 0 saturated carbocycles. The summed E-state index contributed by atoms with van der Waals surface area (Å²) >= 11 is 0. The van der Waals surface area contributed by atoms with E-state index in [1.165, 1.54) is 11.1 Å². The highest BCUT2D eigenvalue weighted by Crippen LogP contribution is 2.32. The minimum absolute atomic E-state index is 0.0619. The second kappa shape index (κ2) is 9.74. The molecule has 7 heteroatoms. The zero-order valence-corrected chi connectivity index (χ0v) is 21.8. The summed E-state index contributed by atoms with van der Waals surface area (Å²) in [7, 11) is 0. The Morgan fingerprint density at radius 2 is 1.66 bits per heavy atom.